The third kappa shape index (κ3) is 5.26. The fraction of sp³-hybridized carbons (Fsp3) is 0.800. The minimum Gasteiger partial charge on any atom is -0.375 e. The monoisotopic (exact) mass is 201 g/mol. The molecule has 0 saturated heterocycles. The highest BCUT2D eigenvalue weighted by Crippen LogP contribution is 1.85. The zero-order chi connectivity index (χ0) is 6.53. The third-order valence-corrected chi connectivity index (χ3v) is 1.16. The number of hydroxylamine groups is 1. The molecule has 0 spiro atoms. The molecule has 1 atom stereocenters. The summed E-state index contributed by atoms with van der Waals surface area (Å²) in [6.07, 6.45) is 1.72. The predicted octanol–water partition coefficient (Wildman–Crippen LogP) is -0.0189. The molecule has 0 aromatic heterocycles. The van der Waals surface area contributed by atoms with E-state index in [1.54, 1.807) is 13.4 Å². The van der Waals surface area contributed by atoms with Crippen LogP contribution >= 0.6 is 24.8 Å². The predicted molar refractivity (Wildman–Crippen MR) is 49.8 cm³/mol. The van der Waals surface area contributed by atoms with Gasteiger partial charge in [0.25, 0.3) is 0 Å². The molecule has 0 aliphatic carbocycles. The molecular weight excluding hydrogens is 189 g/mol. The Labute approximate surface area is 78.6 Å². The number of hydrogen-bond acceptors (Lipinski definition) is 4. The first-order chi connectivity index (χ1) is 4.43. The summed E-state index contributed by atoms with van der Waals surface area (Å²) in [5.41, 5.74) is 2.81. The van der Waals surface area contributed by atoms with Crippen molar-refractivity contribution in [3.63, 3.8) is 0 Å². The Morgan fingerprint density at radius 2 is 2.36 bits per heavy atom. The van der Waals surface area contributed by atoms with Crippen molar-refractivity contribution in [1.29, 1.82) is 0 Å². The summed E-state index contributed by atoms with van der Waals surface area (Å²) in [6.45, 7) is 1.68. The van der Waals surface area contributed by atoms with E-state index in [9.17, 15) is 0 Å². The summed E-state index contributed by atoms with van der Waals surface area (Å²) < 4.78 is 0. The lowest BCUT2D eigenvalue weighted by molar-refractivity contribution is 0.0635. The highest BCUT2D eigenvalue weighted by molar-refractivity contribution is 5.85. The van der Waals surface area contributed by atoms with Crippen LogP contribution in [-0.4, -0.2) is 32.6 Å². The lowest BCUT2D eigenvalue weighted by atomic mass is 10.3. The van der Waals surface area contributed by atoms with Gasteiger partial charge in [0.05, 0.1) is 26.0 Å². The van der Waals surface area contributed by atoms with E-state index in [1.807, 2.05) is 0 Å². The zero-order valence-electron chi connectivity index (χ0n) is 6.24. The summed E-state index contributed by atoms with van der Waals surface area (Å²) in [5.74, 6) is 0. The van der Waals surface area contributed by atoms with Crippen LogP contribution in [0.5, 0.6) is 0 Å². The fourth-order valence-corrected chi connectivity index (χ4v) is 0.750. The summed E-state index contributed by atoms with van der Waals surface area (Å²) >= 11 is 0. The Kier molecular flexibility index (Phi) is 9.94. The molecule has 1 aliphatic heterocycles. The van der Waals surface area contributed by atoms with E-state index in [0.29, 0.717) is 6.04 Å². The van der Waals surface area contributed by atoms with E-state index < -0.39 is 0 Å². The molecule has 0 aromatic rings. The number of aliphatic imine (C=N–C) groups is 1. The molecule has 1 rings (SSSR count). The van der Waals surface area contributed by atoms with Crippen LogP contribution in [0.2, 0.25) is 0 Å². The van der Waals surface area contributed by atoms with Crippen LogP contribution in [0.1, 0.15) is 0 Å². The Bertz CT molecular complexity index is 112. The first kappa shape index (κ1) is 13.6. The maximum absolute atomic E-state index is 4.72. The average molecular weight is 202 g/mol. The molecule has 0 aromatic carbocycles. The second-order valence-corrected chi connectivity index (χ2v) is 1.92. The molecule has 1 heterocycles. The average Bonchev–Trinajstić information content (AvgIpc) is 1.91. The molecule has 68 valence electrons. The summed E-state index contributed by atoms with van der Waals surface area (Å²) in [4.78, 5) is 8.72. The quantitative estimate of drug-likeness (QED) is 0.618. The molecule has 0 fully saturated rings. The van der Waals surface area contributed by atoms with Crippen molar-refractivity contribution in [3.05, 3.63) is 0 Å². The standard InChI is InChI=1S/C5H11N3O.2ClH/c1-9-8-5-2-6-4-7-3-5;;/h4-5,8H,2-3H2,1H3,(H,6,7);2*1H. The molecule has 2 N–H and O–H groups in total. The zero-order valence-corrected chi connectivity index (χ0v) is 7.87. The number of rotatable bonds is 2. The number of hydrogen-bond donors (Lipinski definition) is 2. The molecule has 0 amide bonds. The van der Waals surface area contributed by atoms with Crippen molar-refractivity contribution in [1.82, 2.24) is 10.8 Å². The third-order valence-electron chi connectivity index (χ3n) is 1.16. The van der Waals surface area contributed by atoms with Gasteiger partial charge in [-0.3, -0.25) is 4.99 Å². The van der Waals surface area contributed by atoms with Gasteiger partial charge >= 0.3 is 0 Å². The van der Waals surface area contributed by atoms with Gasteiger partial charge in [0, 0.05) is 6.54 Å². The van der Waals surface area contributed by atoms with E-state index in [0.717, 1.165) is 13.1 Å². The highest BCUT2D eigenvalue weighted by Gasteiger charge is 2.07. The van der Waals surface area contributed by atoms with Crippen LogP contribution in [-0.2, 0) is 4.84 Å². The van der Waals surface area contributed by atoms with Crippen LogP contribution in [0.25, 0.3) is 0 Å². The van der Waals surface area contributed by atoms with E-state index in [2.05, 4.69) is 15.8 Å². The second kappa shape index (κ2) is 8.07. The smallest absolute Gasteiger partial charge is 0.0825 e. The van der Waals surface area contributed by atoms with E-state index >= 15 is 0 Å². The summed E-state index contributed by atoms with van der Waals surface area (Å²) in [7, 11) is 1.61. The minimum atomic E-state index is 0. The maximum Gasteiger partial charge on any atom is 0.0825 e. The van der Waals surface area contributed by atoms with Crippen molar-refractivity contribution >= 4 is 31.2 Å². The van der Waals surface area contributed by atoms with Gasteiger partial charge in [0.15, 0.2) is 0 Å². The van der Waals surface area contributed by atoms with E-state index in [-0.39, 0.29) is 24.8 Å². The first-order valence-corrected chi connectivity index (χ1v) is 2.93. The molecule has 0 radical (unpaired) electrons. The van der Waals surface area contributed by atoms with Crippen molar-refractivity contribution in [2.45, 2.75) is 6.04 Å². The molecular formula is C5H13Cl2N3O. The molecule has 6 heteroatoms. The number of nitrogens with one attached hydrogen (secondary N) is 2. The maximum atomic E-state index is 4.72. The van der Waals surface area contributed by atoms with Gasteiger partial charge in [0.1, 0.15) is 0 Å². The van der Waals surface area contributed by atoms with Gasteiger partial charge < -0.3 is 10.2 Å². The molecule has 4 nitrogen and oxygen atoms in total. The van der Waals surface area contributed by atoms with Gasteiger partial charge in [-0.05, 0) is 0 Å². The van der Waals surface area contributed by atoms with Crippen LogP contribution in [0.15, 0.2) is 4.99 Å². The van der Waals surface area contributed by atoms with Gasteiger partial charge in [0.2, 0.25) is 0 Å². The van der Waals surface area contributed by atoms with E-state index in [1.165, 1.54) is 0 Å². The second-order valence-electron chi connectivity index (χ2n) is 1.92. The van der Waals surface area contributed by atoms with Gasteiger partial charge in [-0.1, -0.05) is 0 Å². The van der Waals surface area contributed by atoms with Crippen molar-refractivity contribution in [2.24, 2.45) is 4.99 Å². The highest BCUT2D eigenvalue weighted by atomic mass is 35.5. The SMILES string of the molecule is CONC1CN=CNC1.Cl.Cl. The van der Waals surface area contributed by atoms with Crippen LogP contribution in [0.3, 0.4) is 0 Å². The molecule has 1 unspecified atom stereocenters. The topological polar surface area (TPSA) is 45.6 Å². The molecule has 1 aliphatic rings. The summed E-state index contributed by atoms with van der Waals surface area (Å²) in [5, 5.41) is 2.99. The fourth-order valence-electron chi connectivity index (χ4n) is 0.750. The summed E-state index contributed by atoms with van der Waals surface area (Å²) in [6, 6.07) is 0.319. The lowest BCUT2D eigenvalue weighted by Gasteiger charge is -2.17. The molecule has 0 saturated carbocycles. The van der Waals surface area contributed by atoms with E-state index in [4.69, 9.17) is 4.84 Å². The molecule has 0 bridgehead atoms. The van der Waals surface area contributed by atoms with Gasteiger partial charge in [-0.25, -0.2) is 0 Å². The minimum absolute atomic E-state index is 0. The van der Waals surface area contributed by atoms with Crippen molar-refractivity contribution in [3.8, 4) is 0 Å². The lowest BCUT2D eigenvalue weighted by Crippen LogP contribution is -2.42. The van der Waals surface area contributed by atoms with Crippen LogP contribution in [0, 0.1) is 0 Å². The Hall–Kier alpha value is -0.0300. The molecule has 11 heavy (non-hydrogen) atoms. The van der Waals surface area contributed by atoms with Gasteiger partial charge in [-0.2, -0.15) is 5.48 Å². The van der Waals surface area contributed by atoms with Crippen LogP contribution in [0.4, 0.5) is 0 Å². The Balaban J connectivity index is 0. The normalized spacial score (nSPS) is 21.0. The van der Waals surface area contributed by atoms with Crippen molar-refractivity contribution in [2.75, 3.05) is 20.2 Å². The Morgan fingerprint density at radius 3 is 2.82 bits per heavy atom. The van der Waals surface area contributed by atoms with Crippen molar-refractivity contribution < 1.29 is 4.84 Å². The van der Waals surface area contributed by atoms with Gasteiger partial charge in [-0.15, -0.1) is 24.8 Å². The first-order valence-electron chi connectivity index (χ1n) is 2.93. The largest absolute Gasteiger partial charge is 0.375 e. The number of halogens is 2. The number of nitrogens with zero attached hydrogens (tertiary/aromatic N) is 1. The Morgan fingerprint density at radius 1 is 1.64 bits per heavy atom. The van der Waals surface area contributed by atoms with Crippen LogP contribution < -0.4 is 10.8 Å².